The van der Waals surface area contributed by atoms with Crippen LogP contribution < -0.4 is 0 Å². The Balaban J connectivity index is 0.00000126. The van der Waals surface area contributed by atoms with Crippen molar-refractivity contribution >= 4 is 5.91 Å². The highest BCUT2D eigenvalue weighted by molar-refractivity contribution is 5.78. The Morgan fingerprint density at radius 3 is 1.02 bits per heavy atom. The molecule has 0 radical (unpaired) electrons. The Hall–Kier alpha value is -1.17. The van der Waals surface area contributed by atoms with Gasteiger partial charge < -0.3 is 14.7 Å². The van der Waals surface area contributed by atoms with E-state index in [1.807, 2.05) is 0 Å². The fraction of sp³-hybridized carbons (Fsp3) is 0.931. The van der Waals surface area contributed by atoms with E-state index in [9.17, 15) is 4.79 Å². The van der Waals surface area contributed by atoms with Crippen LogP contribution in [-0.4, -0.2) is 123 Å². The van der Waals surface area contributed by atoms with Gasteiger partial charge >= 0.3 is 0 Å². The molecule has 0 saturated carbocycles. The molecular formula is C58H117N5O. The van der Waals surface area contributed by atoms with Crippen molar-refractivity contribution in [1.29, 1.82) is 0 Å². The molecule has 0 spiro atoms. The normalized spacial score (nSPS) is 13.2. The maximum Gasteiger partial charge on any atom is 0.236 e. The Kier molecular flexibility index (Phi) is 50.3. The van der Waals surface area contributed by atoms with E-state index in [4.69, 9.17) is 0 Å². The van der Waals surface area contributed by atoms with Crippen molar-refractivity contribution in [3.63, 3.8) is 0 Å². The van der Waals surface area contributed by atoms with Crippen LogP contribution in [0, 0.1) is 0 Å². The molecule has 1 aliphatic heterocycles. The monoisotopic (exact) mass is 900 g/mol. The Labute approximate surface area is 403 Å². The van der Waals surface area contributed by atoms with Crippen molar-refractivity contribution in [1.82, 2.24) is 24.5 Å². The molecule has 1 aliphatic rings. The van der Waals surface area contributed by atoms with Crippen molar-refractivity contribution in [2.45, 2.75) is 259 Å². The van der Waals surface area contributed by atoms with Crippen LogP contribution in [0.5, 0.6) is 0 Å². The number of rotatable bonds is 47. The van der Waals surface area contributed by atoms with Gasteiger partial charge in [-0.05, 0) is 78.0 Å². The van der Waals surface area contributed by atoms with Gasteiger partial charge in [0.2, 0.25) is 5.91 Å². The maximum absolute atomic E-state index is 12.8. The summed E-state index contributed by atoms with van der Waals surface area (Å²) in [7, 11) is 2.15. The minimum Gasteiger partial charge on any atom is -0.339 e. The molecule has 0 unspecified atom stereocenters. The van der Waals surface area contributed by atoms with E-state index in [1.54, 1.807) is 0 Å². The van der Waals surface area contributed by atoms with Gasteiger partial charge in [-0.2, -0.15) is 0 Å². The average molecular weight is 901 g/mol. The second-order valence-electron chi connectivity index (χ2n) is 20.1. The molecule has 0 aliphatic carbocycles. The van der Waals surface area contributed by atoms with E-state index >= 15 is 0 Å². The number of nitrogens with zero attached hydrogens (tertiary/aromatic N) is 5. The first-order chi connectivity index (χ1) is 31.4. The molecule has 6 nitrogen and oxygen atoms in total. The third-order valence-corrected chi connectivity index (χ3v) is 13.8. The number of hydrogen-bond donors (Lipinski definition) is 0. The van der Waals surface area contributed by atoms with Crippen LogP contribution in [0.3, 0.4) is 0 Å². The third-order valence-electron chi connectivity index (χ3n) is 13.8. The molecule has 0 bridgehead atoms. The summed E-state index contributed by atoms with van der Waals surface area (Å²) in [4.78, 5) is 25.1. The molecular weight excluding hydrogens is 783 g/mol. The van der Waals surface area contributed by atoms with E-state index in [0.29, 0.717) is 12.5 Å². The maximum atomic E-state index is 12.8. The number of hydrogen-bond acceptors (Lipinski definition) is 5. The smallest absolute Gasteiger partial charge is 0.236 e. The quantitative estimate of drug-likeness (QED) is 0.0449. The highest BCUT2D eigenvalue weighted by atomic mass is 16.2. The zero-order valence-corrected chi connectivity index (χ0v) is 44.9. The largest absolute Gasteiger partial charge is 0.339 e. The third kappa shape index (κ3) is 43.4. The van der Waals surface area contributed by atoms with Gasteiger partial charge in [-0.15, -0.1) is 5.73 Å². The van der Waals surface area contributed by atoms with Gasteiger partial charge in [0.25, 0.3) is 0 Å². The molecule has 0 aromatic heterocycles. The van der Waals surface area contributed by atoms with Crippen LogP contribution in [-0.2, 0) is 4.79 Å². The topological polar surface area (TPSA) is 33.3 Å². The van der Waals surface area contributed by atoms with E-state index in [1.165, 1.54) is 257 Å². The van der Waals surface area contributed by atoms with E-state index in [2.05, 4.69) is 84.6 Å². The lowest BCUT2D eigenvalue weighted by Gasteiger charge is -2.34. The van der Waals surface area contributed by atoms with Crippen LogP contribution in [0.2, 0.25) is 0 Å². The van der Waals surface area contributed by atoms with E-state index in [0.717, 1.165) is 45.8 Å². The summed E-state index contributed by atoms with van der Waals surface area (Å²) in [5, 5.41) is 0. The summed E-state index contributed by atoms with van der Waals surface area (Å²) in [6.07, 6.45) is 50.4. The molecule has 6 heteroatoms. The van der Waals surface area contributed by atoms with E-state index in [-0.39, 0.29) is 0 Å². The summed E-state index contributed by atoms with van der Waals surface area (Å²) < 4.78 is 0. The summed E-state index contributed by atoms with van der Waals surface area (Å²) in [5.41, 5.74) is 3.01. The number of unbranched alkanes of at least 4 members (excludes halogenated alkanes) is 30. The molecule has 1 amide bonds. The molecule has 0 N–H and O–H groups in total. The molecule has 380 valence electrons. The Bertz CT molecular complexity index is 940. The predicted octanol–water partition coefficient (Wildman–Crippen LogP) is 15.7. The molecule has 1 rings (SSSR count). The minimum atomic E-state index is 0.351. The molecule has 0 atom stereocenters. The summed E-state index contributed by atoms with van der Waals surface area (Å²) in [6, 6.07) is 0. The van der Waals surface area contributed by atoms with Crippen LogP contribution in [0.15, 0.2) is 18.4 Å². The van der Waals surface area contributed by atoms with Crippen molar-refractivity contribution in [3.05, 3.63) is 18.4 Å². The van der Waals surface area contributed by atoms with Crippen molar-refractivity contribution in [2.75, 3.05) is 92.1 Å². The highest BCUT2D eigenvalue weighted by Gasteiger charge is 2.21. The van der Waals surface area contributed by atoms with Gasteiger partial charge in [-0.1, -0.05) is 234 Å². The standard InChI is InChI=1S/C33H66N2.C25H51N3O/c1-5-9-13-16-19-22-25-29-34(28-12-8-4)32-33-35(30-26-23-20-17-14-10-6-2)31-27-24-21-18-15-11-7-3;1-4-6-8-10-12-14-16-18-27(19-17-15-13-11-9-7-5-2)24-25(29)28-22-20-26(3)21-23-28/h12H,4-7,9-11,13-33H2,1-3H3;4-24H2,1-3H3. The zero-order chi connectivity index (χ0) is 46.8. The second-order valence-corrected chi connectivity index (χ2v) is 20.1. The van der Waals surface area contributed by atoms with Gasteiger partial charge in [0.15, 0.2) is 0 Å². The lowest BCUT2D eigenvalue weighted by atomic mass is 10.1. The van der Waals surface area contributed by atoms with Gasteiger partial charge in [0.1, 0.15) is 0 Å². The number of likely N-dealkylation sites (N-methyl/N-ethyl adjacent to an activating group) is 1. The van der Waals surface area contributed by atoms with Crippen LogP contribution >= 0.6 is 0 Å². The Morgan fingerprint density at radius 1 is 0.406 bits per heavy atom. The van der Waals surface area contributed by atoms with Crippen LogP contribution in [0.1, 0.15) is 259 Å². The Morgan fingerprint density at radius 2 is 0.688 bits per heavy atom. The number of piperazine rings is 1. The molecule has 0 aromatic rings. The first-order valence-corrected chi connectivity index (χ1v) is 28.9. The fourth-order valence-electron chi connectivity index (χ4n) is 9.19. The molecule has 64 heavy (non-hydrogen) atoms. The zero-order valence-electron chi connectivity index (χ0n) is 44.9. The number of carbonyl (C=O) groups is 1. The van der Waals surface area contributed by atoms with Gasteiger partial charge in [0.05, 0.1) is 6.54 Å². The van der Waals surface area contributed by atoms with Crippen LogP contribution in [0.4, 0.5) is 0 Å². The molecule has 0 aromatic carbocycles. The van der Waals surface area contributed by atoms with Gasteiger partial charge in [0, 0.05) is 45.8 Å². The summed E-state index contributed by atoms with van der Waals surface area (Å²) in [5.74, 6) is 0.351. The average Bonchev–Trinajstić information content (AvgIpc) is 3.30. The van der Waals surface area contributed by atoms with Crippen molar-refractivity contribution in [3.8, 4) is 0 Å². The van der Waals surface area contributed by atoms with Crippen molar-refractivity contribution in [2.24, 2.45) is 0 Å². The van der Waals surface area contributed by atoms with E-state index < -0.39 is 0 Å². The van der Waals surface area contributed by atoms with Crippen molar-refractivity contribution < 1.29 is 4.79 Å². The number of carbonyl (C=O) groups excluding carboxylic acids is 1. The summed E-state index contributed by atoms with van der Waals surface area (Å²) >= 11 is 0. The molecule has 1 saturated heterocycles. The molecule has 1 fully saturated rings. The lowest BCUT2D eigenvalue weighted by Crippen LogP contribution is -2.50. The SMILES string of the molecule is C=C=CCN(CCCCCCCCC)CCN(CCCCCCCCC)CCCCCCCCC.CCCCCCCCCN(CCCCCCCCC)CC(=O)N1CCN(C)CC1. The van der Waals surface area contributed by atoms with Gasteiger partial charge in [-0.3, -0.25) is 14.6 Å². The second kappa shape index (κ2) is 51.2. The van der Waals surface area contributed by atoms with Crippen LogP contribution in [0.25, 0.3) is 0 Å². The van der Waals surface area contributed by atoms with Gasteiger partial charge in [-0.25, -0.2) is 0 Å². The molecule has 1 heterocycles. The first kappa shape index (κ1) is 62.8. The first-order valence-electron chi connectivity index (χ1n) is 28.9. The predicted molar refractivity (Wildman–Crippen MR) is 287 cm³/mol. The summed E-state index contributed by atoms with van der Waals surface area (Å²) in [6.45, 7) is 29.2. The minimum absolute atomic E-state index is 0.351. The number of amides is 1. The fourth-order valence-corrected chi connectivity index (χ4v) is 9.19. The lowest BCUT2D eigenvalue weighted by molar-refractivity contribution is -0.134. The highest BCUT2D eigenvalue weighted by Crippen LogP contribution is 2.14.